The van der Waals surface area contributed by atoms with Crippen LogP contribution in [0.15, 0.2) is 54.9 Å². The average Bonchev–Trinajstić information content (AvgIpc) is 2.82. The molecule has 1 aromatic carbocycles. The highest BCUT2D eigenvalue weighted by molar-refractivity contribution is 5.86. The van der Waals surface area contributed by atoms with E-state index < -0.39 is 0 Å². The van der Waals surface area contributed by atoms with E-state index in [1.165, 1.54) is 82.7 Å². The second-order valence-electron chi connectivity index (χ2n) is 8.66. The molecular formula is C28H43N2O+. The summed E-state index contributed by atoms with van der Waals surface area (Å²) in [6.45, 7) is 6.76. The van der Waals surface area contributed by atoms with Crippen LogP contribution in [0.4, 0.5) is 5.69 Å². The topological polar surface area (TPSA) is 24.2 Å². The SMILES string of the molecule is CCCCCCCCN(CCCCCCCC)c1cc[n+](C(=O)c2ccccc2)cc1. The molecule has 170 valence electrons. The molecule has 2 aromatic rings. The predicted molar refractivity (Wildman–Crippen MR) is 132 cm³/mol. The minimum Gasteiger partial charge on any atom is -0.371 e. The number of pyridine rings is 1. The molecule has 0 bridgehead atoms. The molecule has 0 N–H and O–H groups in total. The van der Waals surface area contributed by atoms with Crippen LogP contribution in [0.2, 0.25) is 0 Å². The molecule has 3 heteroatoms. The fourth-order valence-electron chi connectivity index (χ4n) is 4.03. The highest BCUT2D eigenvalue weighted by Crippen LogP contribution is 2.16. The van der Waals surface area contributed by atoms with E-state index in [9.17, 15) is 4.79 Å². The normalized spacial score (nSPS) is 10.9. The van der Waals surface area contributed by atoms with Crippen molar-refractivity contribution in [1.82, 2.24) is 0 Å². The smallest absolute Gasteiger partial charge is 0.371 e. The lowest BCUT2D eigenvalue weighted by atomic mass is 10.1. The zero-order chi connectivity index (χ0) is 22.2. The molecule has 3 nitrogen and oxygen atoms in total. The number of nitrogens with zero attached hydrogens (tertiary/aromatic N) is 2. The van der Waals surface area contributed by atoms with Gasteiger partial charge in [-0.25, -0.2) is 4.79 Å². The van der Waals surface area contributed by atoms with Gasteiger partial charge in [-0.15, -0.1) is 4.57 Å². The van der Waals surface area contributed by atoms with Crippen LogP contribution >= 0.6 is 0 Å². The minimum absolute atomic E-state index is 0.0190. The van der Waals surface area contributed by atoms with Crippen molar-refractivity contribution >= 4 is 11.6 Å². The first-order valence-electron chi connectivity index (χ1n) is 12.6. The summed E-state index contributed by atoms with van der Waals surface area (Å²) in [7, 11) is 0. The van der Waals surface area contributed by atoms with Crippen LogP contribution in [0.25, 0.3) is 0 Å². The average molecular weight is 424 g/mol. The summed E-state index contributed by atoms with van der Waals surface area (Å²) in [5.74, 6) is 0.0190. The highest BCUT2D eigenvalue weighted by atomic mass is 16.2. The van der Waals surface area contributed by atoms with Gasteiger partial charge >= 0.3 is 5.91 Å². The summed E-state index contributed by atoms with van der Waals surface area (Å²) in [6.07, 6.45) is 19.7. The van der Waals surface area contributed by atoms with Crippen LogP contribution in [0.5, 0.6) is 0 Å². The summed E-state index contributed by atoms with van der Waals surface area (Å²) in [4.78, 5) is 15.2. The number of anilines is 1. The summed E-state index contributed by atoms with van der Waals surface area (Å²) < 4.78 is 1.69. The van der Waals surface area contributed by atoms with Crippen molar-refractivity contribution in [2.24, 2.45) is 0 Å². The number of aromatic nitrogens is 1. The van der Waals surface area contributed by atoms with Gasteiger partial charge in [0.25, 0.3) is 0 Å². The zero-order valence-electron chi connectivity index (χ0n) is 19.9. The predicted octanol–water partition coefficient (Wildman–Crippen LogP) is 7.19. The molecule has 0 unspecified atom stereocenters. The monoisotopic (exact) mass is 423 g/mol. The van der Waals surface area contributed by atoms with E-state index in [2.05, 4.69) is 30.9 Å². The summed E-state index contributed by atoms with van der Waals surface area (Å²) in [5, 5.41) is 0. The number of hydrogen-bond donors (Lipinski definition) is 0. The standard InChI is InChI=1S/C28H43N2O/c1-3-5-7-9-11-16-22-29(23-17-12-10-8-6-4-2)27-20-24-30(25-21-27)28(31)26-18-14-13-15-19-26/h13-15,18-21,24-25H,3-12,16-17,22-23H2,1-2H3/q+1. The molecule has 0 saturated carbocycles. The summed E-state index contributed by atoms with van der Waals surface area (Å²) >= 11 is 0. The van der Waals surface area contributed by atoms with Crippen molar-refractivity contribution in [2.45, 2.75) is 90.9 Å². The number of carbonyl (C=O) groups excluding carboxylic acids is 1. The molecule has 1 heterocycles. The number of rotatable bonds is 16. The first kappa shape index (κ1) is 25.1. The molecule has 0 amide bonds. The van der Waals surface area contributed by atoms with Crippen molar-refractivity contribution < 1.29 is 9.36 Å². The van der Waals surface area contributed by atoms with E-state index in [-0.39, 0.29) is 5.91 Å². The van der Waals surface area contributed by atoms with Crippen molar-refractivity contribution in [2.75, 3.05) is 18.0 Å². The van der Waals surface area contributed by atoms with Crippen LogP contribution in [-0.2, 0) is 0 Å². The van der Waals surface area contributed by atoms with Gasteiger partial charge in [-0.2, -0.15) is 0 Å². The van der Waals surface area contributed by atoms with E-state index in [1.54, 1.807) is 4.57 Å². The number of carbonyl (C=O) groups is 1. The first-order valence-corrected chi connectivity index (χ1v) is 12.6. The number of hydrogen-bond acceptors (Lipinski definition) is 2. The van der Waals surface area contributed by atoms with E-state index in [0.29, 0.717) is 0 Å². The van der Waals surface area contributed by atoms with Gasteiger partial charge in [-0.3, -0.25) is 0 Å². The molecule has 0 fully saturated rings. The highest BCUT2D eigenvalue weighted by Gasteiger charge is 2.17. The van der Waals surface area contributed by atoms with Crippen LogP contribution in [0.1, 0.15) is 101 Å². The Morgan fingerprint density at radius 3 is 1.68 bits per heavy atom. The van der Waals surface area contributed by atoms with Gasteiger partial charge in [0.15, 0.2) is 12.4 Å². The Balaban J connectivity index is 1.92. The Morgan fingerprint density at radius 1 is 0.677 bits per heavy atom. The Hall–Kier alpha value is -2.16. The lowest BCUT2D eigenvalue weighted by molar-refractivity contribution is -0.570. The molecule has 0 spiro atoms. The quantitative estimate of drug-likeness (QED) is 0.211. The Labute approximate surface area is 190 Å². The van der Waals surface area contributed by atoms with Crippen molar-refractivity contribution in [3.8, 4) is 0 Å². The number of unbranched alkanes of at least 4 members (excludes halogenated alkanes) is 10. The van der Waals surface area contributed by atoms with Gasteiger partial charge in [0.05, 0.1) is 5.56 Å². The minimum atomic E-state index is 0.0190. The van der Waals surface area contributed by atoms with E-state index in [4.69, 9.17) is 0 Å². The Morgan fingerprint density at radius 2 is 1.16 bits per heavy atom. The summed E-state index contributed by atoms with van der Waals surface area (Å²) in [5.41, 5.74) is 1.95. The van der Waals surface area contributed by atoms with Crippen LogP contribution in [0.3, 0.4) is 0 Å². The van der Waals surface area contributed by atoms with Gasteiger partial charge in [-0.05, 0) is 25.0 Å². The van der Waals surface area contributed by atoms with Gasteiger partial charge in [0, 0.05) is 30.9 Å². The third-order valence-corrected chi connectivity index (χ3v) is 6.00. The molecular weight excluding hydrogens is 380 g/mol. The molecule has 0 saturated heterocycles. The van der Waals surface area contributed by atoms with Gasteiger partial charge in [-0.1, -0.05) is 96.3 Å². The Kier molecular flexibility index (Phi) is 12.6. The van der Waals surface area contributed by atoms with E-state index in [1.807, 2.05) is 42.7 Å². The second-order valence-corrected chi connectivity index (χ2v) is 8.66. The van der Waals surface area contributed by atoms with Gasteiger partial charge < -0.3 is 4.90 Å². The maximum Gasteiger partial charge on any atom is 0.424 e. The summed E-state index contributed by atoms with van der Waals surface area (Å²) in [6, 6.07) is 13.7. The number of benzene rings is 1. The van der Waals surface area contributed by atoms with E-state index in [0.717, 1.165) is 18.7 Å². The lowest BCUT2D eigenvalue weighted by Crippen LogP contribution is -2.42. The molecule has 0 aliphatic rings. The van der Waals surface area contributed by atoms with Crippen molar-refractivity contribution in [3.05, 3.63) is 60.4 Å². The third kappa shape index (κ3) is 9.67. The maximum absolute atomic E-state index is 12.7. The second kappa shape index (κ2) is 15.6. The van der Waals surface area contributed by atoms with Crippen molar-refractivity contribution in [1.29, 1.82) is 0 Å². The zero-order valence-corrected chi connectivity index (χ0v) is 19.9. The fourth-order valence-corrected chi connectivity index (χ4v) is 4.03. The molecule has 0 radical (unpaired) electrons. The molecule has 1 aromatic heterocycles. The van der Waals surface area contributed by atoms with E-state index >= 15 is 0 Å². The molecule has 31 heavy (non-hydrogen) atoms. The van der Waals surface area contributed by atoms with Crippen molar-refractivity contribution in [3.63, 3.8) is 0 Å². The van der Waals surface area contributed by atoms with Crippen LogP contribution in [-0.4, -0.2) is 19.0 Å². The molecule has 0 atom stereocenters. The maximum atomic E-state index is 12.7. The van der Waals surface area contributed by atoms with Crippen LogP contribution in [0, 0.1) is 0 Å². The van der Waals surface area contributed by atoms with Gasteiger partial charge in [0.1, 0.15) is 0 Å². The molecule has 0 aliphatic heterocycles. The fraction of sp³-hybridized carbons (Fsp3) is 0.571. The van der Waals surface area contributed by atoms with Crippen LogP contribution < -0.4 is 9.47 Å². The Bertz CT molecular complexity index is 696. The van der Waals surface area contributed by atoms with Gasteiger partial charge in [0.2, 0.25) is 0 Å². The molecule has 2 rings (SSSR count). The largest absolute Gasteiger partial charge is 0.424 e. The first-order chi connectivity index (χ1) is 15.3. The molecule has 0 aliphatic carbocycles. The lowest BCUT2D eigenvalue weighted by Gasteiger charge is -2.24. The third-order valence-electron chi connectivity index (χ3n) is 6.00.